The van der Waals surface area contributed by atoms with E-state index < -0.39 is 11.9 Å². The third-order valence-electron chi connectivity index (χ3n) is 5.37. The Morgan fingerprint density at radius 2 is 1.86 bits per heavy atom. The van der Waals surface area contributed by atoms with Crippen molar-refractivity contribution in [3.05, 3.63) is 47.4 Å². The van der Waals surface area contributed by atoms with E-state index in [2.05, 4.69) is 21.8 Å². The van der Waals surface area contributed by atoms with Crippen LogP contribution in [0.4, 0.5) is 13.2 Å². The van der Waals surface area contributed by atoms with Crippen LogP contribution in [0.25, 0.3) is 33.0 Å². The van der Waals surface area contributed by atoms with Crippen LogP contribution in [0.15, 0.2) is 24.9 Å². The molecule has 0 bridgehead atoms. The normalized spacial score (nSPS) is 15.0. The number of H-pyrrole nitrogens is 1. The van der Waals surface area contributed by atoms with Gasteiger partial charge in [-0.25, -0.2) is 4.98 Å². The second-order valence-electron chi connectivity index (χ2n) is 7.31. The predicted octanol–water partition coefficient (Wildman–Crippen LogP) is 4.90. The van der Waals surface area contributed by atoms with Crippen LogP contribution in [-0.4, -0.2) is 27.1 Å². The Morgan fingerprint density at radius 1 is 1.17 bits per heavy atom. The van der Waals surface area contributed by atoms with Crippen molar-refractivity contribution in [2.45, 2.75) is 38.8 Å². The van der Waals surface area contributed by atoms with Crippen LogP contribution < -0.4 is 5.73 Å². The molecule has 4 rings (SSSR count). The van der Waals surface area contributed by atoms with E-state index >= 15 is 0 Å². The Morgan fingerprint density at radius 3 is 2.48 bits per heavy atom. The summed E-state index contributed by atoms with van der Waals surface area (Å²) in [4.78, 5) is 4.56. The molecule has 8 heteroatoms. The minimum Gasteiger partial charge on any atom is -0.404 e. The molecule has 150 valence electrons. The molecule has 2 heterocycles. The summed E-state index contributed by atoms with van der Waals surface area (Å²) in [5.41, 5.74) is 8.43. The van der Waals surface area contributed by atoms with Gasteiger partial charge in [0, 0.05) is 22.5 Å². The fourth-order valence-electron chi connectivity index (χ4n) is 4.10. The van der Waals surface area contributed by atoms with Gasteiger partial charge in [0.2, 0.25) is 0 Å². The molecule has 29 heavy (non-hydrogen) atoms. The van der Waals surface area contributed by atoms with Gasteiger partial charge in [-0.15, -0.1) is 0 Å². The van der Waals surface area contributed by atoms with Crippen LogP contribution in [-0.2, 0) is 12.8 Å². The number of fused-ring (bicyclic) bond motifs is 5. The van der Waals surface area contributed by atoms with Gasteiger partial charge in [0.1, 0.15) is 5.71 Å². The summed E-state index contributed by atoms with van der Waals surface area (Å²) in [6, 6.07) is 3.58. The first kappa shape index (κ1) is 19.2. The van der Waals surface area contributed by atoms with E-state index in [1.54, 1.807) is 6.07 Å². The van der Waals surface area contributed by atoms with E-state index in [1.807, 2.05) is 13.0 Å². The van der Waals surface area contributed by atoms with Gasteiger partial charge in [-0.05, 0) is 61.4 Å². The zero-order chi connectivity index (χ0) is 20.9. The quantitative estimate of drug-likeness (QED) is 0.547. The third kappa shape index (κ3) is 2.99. The second-order valence-corrected chi connectivity index (χ2v) is 7.31. The van der Waals surface area contributed by atoms with Crippen molar-refractivity contribution in [1.29, 1.82) is 5.41 Å². The largest absolute Gasteiger partial charge is 0.433 e. The summed E-state index contributed by atoms with van der Waals surface area (Å²) in [5.74, 6) is 0. The molecular formula is C21H20F3N5. The van der Waals surface area contributed by atoms with Crippen LogP contribution >= 0.6 is 0 Å². The number of allylic oxidation sites excluding steroid dienone is 2. The number of pyridine rings is 1. The average Bonchev–Trinajstić information content (AvgIpc) is 3.12. The minimum absolute atomic E-state index is 0.150. The van der Waals surface area contributed by atoms with Gasteiger partial charge < -0.3 is 5.73 Å². The van der Waals surface area contributed by atoms with Gasteiger partial charge in [0.05, 0.1) is 22.4 Å². The Bertz CT molecular complexity index is 1200. The van der Waals surface area contributed by atoms with Crippen LogP contribution in [0.3, 0.4) is 0 Å². The number of aromatic nitrogens is 3. The molecule has 0 amide bonds. The number of hydrogen-bond donors (Lipinski definition) is 3. The molecule has 0 aliphatic heterocycles. The average molecular weight is 399 g/mol. The fourth-order valence-corrected chi connectivity index (χ4v) is 4.10. The lowest BCUT2D eigenvalue weighted by molar-refractivity contribution is -0.0578. The lowest BCUT2D eigenvalue weighted by Crippen LogP contribution is -2.25. The monoisotopic (exact) mass is 399 g/mol. The van der Waals surface area contributed by atoms with Gasteiger partial charge in [0.15, 0.2) is 0 Å². The fraction of sp³-hybridized carbons (Fsp3) is 0.286. The molecule has 0 unspecified atom stereocenters. The van der Waals surface area contributed by atoms with Gasteiger partial charge in [-0.2, -0.15) is 18.3 Å². The highest BCUT2D eigenvalue weighted by atomic mass is 19.4. The number of benzene rings is 1. The molecule has 1 aliphatic rings. The van der Waals surface area contributed by atoms with Crippen molar-refractivity contribution in [2.75, 3.05) is 0 Å². The van der Waals surface area contributed by atoms with Crippen LogP contribution in [0, 0.1) is 5.41 Å². The molecule has 0 fully saturated rings. The highest BCUT2D eigenvalue weighted by Crippen LogP contribution is 2.39. The maximum atomic E-state index is 13.3. The van der Waals surface area contributed by atoms with Crippen LogP contribution in [0.2, 0.25) is 0 Å². The molecule has 0 saturated carbocycles. The lowest BCUT2D eigenvalue weighted by Gasteiger charge is -2.23. The first-order chi connectivity index (χ1) is 13.7. The van der Waals surface area contributed by atoms with E-state index in [0.717, 1.165) is 64.1 Å². The molecule has 4 N–H and O–H groups in total. The summed E-state index contributed by atoms with van der Waals surface area (Å²) < 4.78 is 39.8. The van der Waals surface area contributed by atoms with Crippen molar-refractivity contribution in [3.63, 3.8) is 0 Å². The molecule has 2 aromatic heterocycles. The summed E-state index contributed by atoms with van der Waals surface area (Å²) in [5, 5.41) is 16.8. The Kier molecular flexibility index (Phi) is 4.44. The number of nitrogens with two attached hydrogens (primary N) is 1. The van der Waals surface area contributed by atoms with Crippen LogP contribution in [0.1, 0.15) is 42.3 Å². The first-order valence-electron chi connectivity index (χ1n) is 9.30. The van der Waals surface area contributed by atoms with E-state index in [9.17, 15) is 13.2 Å². The molecule has 5 nitrogen and oxygen atoms in total. The Balaban J connectivity index is 2.10. The second kappa shape index (κ2) is 6.72. The number of alkyl halides is 3. The molecule has 0 radical (unpaired) electrons. The highest BCUT2D eigenvalue weighted by molar-refractivity contribution is 6.25. The SMILES string of the molecule is C=C(C)c1n[nH]c2ccc3nc(/C(=C/N)C(=N)C(F)(F)F)c4c(c3c12)CCCC4. The maximum Gasteiger partial charge on any atom is 0.433 e. The van der Waals surface area contributed by atoms with E-state index in [-0.39, 0.29) is 11.3 Å². The number of aryl methyl sites for hydroxylation is 1. The molecule has 0 spiro atoms. The summed E-state index contributed by atoms with van der Waals surface area (Å²) in [7, 11) is 0. The topological polar surface area (TPSA) is 91.4 Å². The van der Waals surface area contributed by atoms with Crippen molar-refractivity contribution in [1.82, 2.24) is 15.2 Å². The molecule has 0 saturated heterocycles. The van der Waals surface area contributed by atoms with Crippen molar-refractivity contribution < 1.29 is 13.2 Å². The number of nitrogens with one attached hydrogen (secondary N) is 2. The molecular weight excluding hydrogens is 379 g/mol. The van der Waals surface area contributed by atoms with Gasteiger partial charge in [0.25, 0.3) is 0 Å². The van der Waals surface area contributed by atoms with Crippen molar-refractivity contribution in [3.8, 4) is 0 Å². The Labute approximate surface area is 165 Å². The molecule has 3 aromatic rings. The highest BCUT2D eigenvalue weighted by Gasteiger charge is 2.38. The molecule has 0 atom stereocenters. The predicted molar refractivity (Wildman–Crippen MR) is 109 cm³/mol. The number of aromatic amines is 1. The standard InChI is InChI=1S/C21H20F3N5/c1-10(2)18-17-15(28-29-18)8-7-14-16(17)11-5-3-4-6-12(11)19(27-14)13(9-25)20(26)21(22,23)24/h7-9,26H,1,3-6,25H2,2H3,(H,28,29)/b13-9-,26-20?. The lowest BCUT2D eigenvalue weighted by atomic mass is 9.84. The smallest absolute Gasteiger partial charge is 0.404 e. The number of nitrogens with zero attached hydrogens (tertiary/aromatic N) is 2. The van der Waals surface area contributed by atoms with Crippen molar-refractivity contribution >= 4 is 38.7 Å². The minimum atomic E-state index is -4.80. The first-order valence-corrected chi connectivity index (χ1v) is 9.30. The summed E-state index contributed by atoms with van der Waals surface area (Å²) in [6.45, 7) is 5.86. The molecule has 1 aromatic carbocycles. The number of rotatable bonds is 3. The van der Waals surface area contributed by atoms with Crippen molar-refractivity contribution in [2.24, 2.45) is 5.73 Å². The maximum absolute atomic E-state index is 13.3. The van der Waals surface area contributed by atoms with Gasteiger partial charge in [-0.1, -0.05) is 6.58 Å². The number of hydrogen-bond acceptors (Lipinski definition) is 4. The van der Waals surface area contributed by atoms with Crippen LogP contribution in [0.5, 0.6) is 0 Å². The summed E-state index contributed by atoms with van der Waals surface area (Å²) in [6.07, 6.45) is -0.871. The third-order valence-corrected chi connectivity index (χ3v) is 5.37. The zero-order valence-electron chi connectivity index (χ0n) is 15.9. The van der Waals surface area contributed by atoms with E-state index in [4.69, 9.17) is 11.1 Å². The zero-order valence-corrected chi connectivity index (χ0v) is 15.9. The van der Waals surface area contributed by atoms with E-state index in [0.29, 0.717) is 11.9 Å². The van der Waals surface area contributed by atoms with E-state index in [1.165, 1.54) is 0 Å². The molecule has 1 aliphatic carbocycles. The summed E-state index contributed by atoms with van der Waals surface area (Å²) >= 11 is 0. The van der Waals surface area contributed by atoms with Gasteiger partial charge in [-0.3, -0.25) is 10.5 Å². The Hall–Kier alpha value is -3.16. The number of halogens is 3. The van der Waals surface area contributed by atoms with Gasteiger partial charge >= 0.3 is 6.18 Å².